The van der Waals surface area contributed by atoms with Crippen molar-refractivity contribution in [2.75, 3.05) is 5.32 Å². The zero-order valence-electron chi connectivity index (χ0n) is 11.4. The summed E-state index contributed by atoms with van der Waals surface area (Å²) >= 11 is 0. The van der Waals surface area contributed by atoms with Crippen LogP contribution in [0.25, 0.3) is 10.9 Å². The fourth-order valence-corrected chi connectivity index (χ4v) is 2.17. The average Bonchev–Trinajstić information content (AvgIpc) is 2.50. The van der Waals surface area contributed by atoms with Crippen LogP contribution in [-0.2, 0) is 0 Å². The van der Waals surface area contributed by atoms with E-state index in [-0.39, 0.29) is 5.56 Å². The summed E-state index contributed by atoms with van der Waals surface area (Å²) < 4.78 is 13.9. The second-order valence-corrected chi connectivity index (χ2v) is 4.80. The highest BCUT2D eigenvalue weighted by Crippen LogP contribution is 2.19. The van der Waals surface area contributed by atoms with E-state index in [1.807, 2.05) is 24.3 Å². The normalized spacial score (nSPS) is 10.6. The predicted octanol–water partition coefficient (Wildman–Crippen LogP) is 3.93. The van der Waals surface area contributed by atoms with Gasteiger partial charge in [0.25, 0.3) is 5.91 Å². The number of benzene rings is 2. The summed E-state index contributed by atoms with van der Waals surface area (Å²) in [5.41, 5.74) is 1.95. The topological polar surface area (TPSA) is 42.0 Å². The first-order valence-electron chi connectivity index (χ1n) is 6.56. The second kappa shape index (κ2) is 5.32. The third-order valence-corrected chi connectivity index (χ3v) is 3.30. The highest BCUT2D eigenvalue weighted by atomic mass is 19.1. The number of carbonyl (C=O) groups is 1. The first-order valence-corrected chi connectivity index (χ1v) is 6.56. The number of rotatable bonds is 2. The fourth-order valence-electron chi connectivity index (χ4n) is 2.17. The molecule has 0 aliphatic heterocycles. The van der Waals surface area contributed by atoms with E-state index in [9.17, 15) is 9.18 Å². The zero-order valence-corrected chi connectivity index (χ0v) is 11.4. The minimum Gasteiger partial charge on any atom is -0.322 e. The van der Waals surface area contributed by atoms with Crippen LogP contribution < -0.4 is 5.32 Å². The smallest absolute Gasteiger partial charge is 0.258 e. The maximum Gasteiger partial charge on any atom is 0.258 e. The molecule has 4 heteroatoms. The lowest BCUT2D eigenvalue weighted by molar-refractivity contribution is 0.102. The van der Waals surface area contributed by atoms with Gasteiger partial charge in [0.15, 0.2) is 0 Å². The van der Waals surface area contributed by atoms with Crippen molar-refractivity contribution in [1.29, 1.82) is 0 Å². The molecule has 1 N–H and O–H groups in total. The molecule has 104 valence electrons. The van der Waals surface area contributed by atoms with Gasteiger partial charge < -0.3 is 5.32 Å². The minimum atomic E-state index is -0.488. The Balaban J connectivity index is 1.91. The van der Waals surface area contributed by atoms with Crippen molar-refractivity contribution < 1.29 is 9.18 Å². The van der Waals surface area contributed by atoms with Crippen molar-refractivity contribution >= 4 is 22.5 Å². The van der Waals surface area contributed by atoms with Gasteiger partial charge in [0.1, 0.15) is 5.82 Å². The molecular weight excluding hydrogens is 267 g/mol. The number of pyridine rings is 1. The summed E-state index contributed by atoms with van der Waals surface area (Å²) in [4.78, 5) is 16.4. The molecule has 2 aromatic carbocycles. The number of nitrogens with one attached hydrogen (secondary N) is 1. The minimum absolute atomic E-state index is 0.0429. The summed E-state index contributed by atoms with van der Waals surface area (Å²) in [6, 6.07) is 13.9. The third kappa shape index (κ3) is 2.60. The number of hydrogen-bond acceptors (Lipinski definition) is 2. The van der Waals surface area contributed by atoms with Crippen molar-refractivity contribution in [1.82, 2.24) is 4.98 Å². The molecule has 1 aromatic heterocycles. The van der Waals surface area contributed by atoms with Crippen molar-refractivity contribution in [2.24, 2.45) is 0 Å². The van der Waals surface area contributed by atoms with Crippen molar-refractivity contribution in [3.8, 4) is 0 Å². The van der Waals surface area contributed by atoms with Gasteiger partial charge in [0.05, 0.1) is 11.1 Å². The molecule has 0 aliphatic rings. The molecular formula is C17H13FN2O. The van der Waals surface area contributed by atoms with Crippen LogP contribution in [0.5, 0.6) is 0 Å². The number of aromatic nitrogens is 1. The van der Waals surface area contributed by atoms with Crippen LogP contribution >= 0.6 is 0 Å². The van der Waals surface area contributed by atoms with Crippen LogP contribution in [0.15, 0.2) is 54.7 Å². The van der Waals surface area contributed by atoms with Crippen LogP contribution in [0.1, 0.15) is 15.9 Å². The Bertz CT molecular complexity index is 830. The summed E-state index contributed by atoms with van der Waals surface area (Å²) in [7, 11) is 0. The van der Waals surface area contributed by atoms with E-state index < -0.39 is 11.7 Å². The lowest BCUT2D eigenvalue weighted by Gasteiger charge is -2.08. The van der Waals surface area contributed by atoms with Crippen LogP contribution in [0.3, 0.4) is 0 Å². The van der Waals surface area contributed by atoms with E-state index >= 15 is 0 Å². The van der Waals surface area contributed by atoms with Gasteiger partial charge in [-0.3, -0.25) is 9.78 Å². The second-order valence-electron chi connectivity index (χ2n) is 4.80. The van der Waals surface area contributed by atoms with Gasteiger partial charge >= 0.3 is 0 Å². The Hall–Kier alpha value is -2.75. The predicted molar refractivity (Wildman–Crippen MR) is 80.8 cm³/mol. The Kier molecular flexibility index (Phi) is 3.36. The SMILES string of the molecule is Cc1cccc(C(=O)Nc2ccc3ncccc3c2)c1F. The Morgan fingerprint density at radius 1 is 1.14 bits per heavy atom. The van der Waals surface area contributed by atoms with Crippen LogP contribution in [0, 0.1) is 12.7 Å². The van der Waals surface area contributed by atoms with E-state index in [1.165, 1.54) is 6.07 Å². The van der Waals surface area contributed by atoms with Crippen LogP contribution in [0.2, 0.25) is 0 Å². The summed E-state index contributed by atoms with van der Waals surface area (Å²) in [5.74, 6) is -0.947. The zero-order chi connectivity index (χ0) is 14.8. The number of carbonyl (C=O) groups excluding carboxylic acids is 1. The van der Waals surface area contributed by atoms with Crippen molar-refractivity contribution in [3.63, 3.8) is 0 Å². The largest absolute Gasteiger partial charge is 0.322 e. The highest BCUT2D eigenvalue weighted by Gasteiger charge is 2.13. The fraction of sp³-hybridized carbons (Fsp3) is 0.0588. The lowest BCUT2D eigenvalue weighted by atomic mass is 10.1. The van der Waals surface area contributed by atoms with E-state index in [4.69, 9.17) is 0 Å². The Morgan fingerprint density at radius 2 is 2.00 bits per heavy atom. The molecule has 3 rings (SSSR count). The van der Waals surface area contributed by atoms with E-state index in [2.05, 4.69) is 10.3 Å². The third-order valence-electron chi connectivity index (χ3n) is 3.30. The monoisotopic (exact) mass is 280 g/mol. The molecule has 3 nitrogen and oxygen atoms in total. The molecule has 0 spiro atoms. The highest BCUT2D eigenvalue weighted by molar-refractivity contribution is 6.05. The number of anilines is 1. The molecule has 0 bridgehead atoms. The number of aryl methyl sites for hydroxylation is 1. The lowest BCUT2D eigenvalue weighted by Crippen LogP contribution is -2.14. The number of hydrogen-bond donors (Lipinski definition) is 1. The van der Waals surface area contributed by atoms with Gasteiger partial charge in [0, 0.05) is 17.3 Å². The average molecular weight is 280 g/mol. The molecule has 0 unspecified atom stereocenters. The molecule has 0 saturated carbocycles. The Labute approximate surface area is 121 Å². The van der Waals surface area contributed by atoms with Gasteiger partial charge in [-0.2, -0.15) is 0 Å². The van der Waals surface area contributed by atoms with Gasteiger partial charge in [-0.1, -0.05) is 18.2 Å². The molecule has 1 amide bonds. The quantitative estimate of drug-likeness (QED) is 0.772. The molecule has 21 heavy (non-hydrogen) atoms. The van der Waals surface area contributed by atoms with Gasteiger partial charge in [0.2, 0.25) is 0 Å². The molecule has 0 radical (unpaired) electrons. The first kappa shape index (κ1) is 13.2. The molecule has 3 aromatic rings. The van der Waals surface area contributed by atoms with E-state index in [1.54, 1.807) is 31.3 Å². The number of halogens is 1. The summed E-state index contributed by atoms with van der Waals surface area (Å²) in [5, 5.41) is 3.63. The van der Waals surface area contributed by atoms with Crippen LogP contribution in [-0.4, -0.2) is 10.9 Å². The molecule has 1 heterocycles. The maximum absolute atomic E-state index is 13.9. The van der Waals surface area contributed by atoms with E-state index in [0.717, 1.165) is 10.9 Å². The van der Waals surface area contributed by atoms with Crippen molar-refractivity contribution in [3.05, 3.63) is 71.7 Å². The number of fused-ring (bicyclic) bond motifs is 1. The molecule has 0 saturated heterocycles. The van der Waals surface area contributed by atoms with Gasteiger partial charge in [-0.05, 0) is 42.8 Å². The summed E-state index contributed by atoms with van der Waals surface area (Å²) in [6.45, 7) is 1.63. The maximum atomic E-state index is 13.9. The molecule has 0 atom stereocenters. The van der Waals surface area contributed by atoms with E-state index in [0.29, 0.717) is 11.3 Å². The molecule has 0 fully saturated rings. The molecule has 0 aliphatic carbocycles. The number of nitrogens with zero attached hydrogens (tertiary/aromatic N) is 1. The van der Waals surface area contributed by atoms with Gasteiger partial charge in [-0.25, -0.2) is 4.39 Å². The van der Waals surface area contributed by atoms with Crippen molar-refractivity contribution in [2.45, 2.75) is 6.92 Å². The van der Waals surface area contributed by atoms with Gasteiger partial charge in [-0.15, -0.1) is 0 Å². The first-order chi connectivity index (χ1) is 10.1. The number of amides is 1. The summed E-state index contributed by atoms with van der Waals surface area (Å²) in [6.07, 6.45) is 1.71. The van der Waals surface area contributed by atoms with Crippen LogP contribution in [0.4, 0.5) is 10.1 Å². The Morgan fingerprint density at radius 3 is 2.86 bits per heavy atom. The standard InChI is InChI=1S/C17H13FN2O/c1-11-4-2-6-14(16(11)18)17(21)20-13-7-8-15-12(10-13)5-3-9-19-15/h2-10H,1H3,(H,20,21).